The zero-order chi connectivity index (χ0) is 15.5. The van der Waals surface area contributed by atoms with E-state index in [-0.39, 0.29) is 30.3 Å². The van der Waals surface area contributed by atoms with E-state index in [1.807, 2.05) is 25.7 Å². The number of hydrogen-bond donors (Lipinski definition) is 1. The number of aliphatic hydroxyl groups is 1. The molecular weight excluding hydrogens is 268 g/mol. The molecule has 2 heterocycles. The molecule has 0 aromatic rings. The predicted molar refractivity (Wildman–Crippen MR) is 82.1 cm³/mol. The third-order valence-corrected chi connectivity index (χ3v) is 4.53. The first-order valence-corrected chi connectivity index (χ1v) is 8.24. The third-order valence-electron chi connectivity index (χ3n) is 4.53. The van der Waals surface area contributed by atoms with Crippen molar-refractivity contribution in [3.05, 3.63) is 0 Å². The summed E-state index contributed by atoms with van der Waals surface area (Å²) in [5.41, 5.74) is -0.320. The molecule has 0 bridgehead atoms. The van der Waals surface area contributed by atoms with Gasteiger partial charge in [-0.3, -0.25) is 9.69 Å². The highest BCUT2D eigenvalue weighted by molar-refractivity contribution is 5.81. The first-order valence-electron chi connectivity index (χ1n) is 8.24. The van der Waals surface area contributed by atoms with Crippen LogP contribution in [0.5, 0.6) is 0 Å². The van der Waals surface area contributed by atoms with Crippen molar-refractivity contribution in [3.63, 3.8) is 0 Å². The fourth-order valence-corrected chi connectivity index (χ4v) is 3.44. The van der Waals surface area contributed by atoms with Gasteiger partial charge in [-0.05, 0) is 33.6 Å². The Kier molecular flexibility index (Phi) is 5.63. The number of carbonyl (C=O) groups excluding carboxylic acids is 1. The van der Waals surface area contributed by atoms with Crippen LogP contribution in [0.1, 0.15) is 46.5 Å². The Morgan fingerprint density at radius 2 is 1.90 bits per heavy atom. The van der Waals surface area contributed by atoms with Crippen molar-refractivity contribution in [1.82, 2.24) is 9.80 Å². The van der Waals surface area contributed by atoms with Gasteiger partial charge >= 0.3 is 0 Å². The van der Waals surface area contributed by atoms with Gasteiger partial charge in [-0.2, -0.15) is 0 Å². The SMILES string of the molecule is CC(C(=O)N1CCCCCC1)N1CC(CO)OC(C)(C)C1. The zero-order valence-electron chi connectivity index (χ0n) is 13.7. The van der Waals surface area contributed by atoms with Crippen LogP contribution in [0.25, 0.3) is 0 Å². The Bertz CT molecular complexity index is 351. The number of rotatable bonds is 3. The van der Waals surface area contributed by atoms with Gasteiger partial charge in [-0.1, -0.05) is 12.8 Å². The fraction of sp³-hybridized carbons (Fsp3) is 0.938. The van der Waals surface area contributed by atoms with Crippen molar-refractivity contribution in [2.45, 2.75) is 64.2 Å². The lowest BCUT2D eigenvalue weighted by Gasteiger charge is -2.45. The number of carbonyl (C=O) groups is 1. The van der Waals surface area contributed by atoms with Crippen molar-refractivity contribution in [1.29, 1.82) is 0 Å². The average Bonchev–Trinajstić information content (AvgIpc) is 2.72. The monoisotopic (exact) mass is 298 g/mol. The summed E-state index contributed by atoms with van der Waals surface area (Å²) in [5, 5.41) is 9.40. The van der Waals surface area contributed by atoms with Gasteiger partial charge in [0.15, 0.2) is 0 Å². The van der Waals surface area contributed by atoms with Crippen LogP contribution in [-0.4, -0.2) is 71.3 Å². The van der Waals surface area contributed by atoms with E-state index in [1.165, 1.54) is 12.8 Å². The Labute approximate surface area is 128 Å². The third kappa shape index (κ3) is 4.41. The minimum absolute atomic E-state index is 0.00452. The second-order valence-corrected chi connectivity index (χ2v) is 7.03. The molecule has 2 atom stereocenters. The maximum atomic E-state index is 12.7. The van der Waals surface area contributed by atoms with Crippen molar-refractivity contribution in [3.8, 4) is 0 Å². The molecule has 2 unspecified atom stereocenters. The Morgan fingerprint density at radius 3 is 2.48 bits per heavy atom. The first-order chi connectivity index (χ1) is 9.93. The van der Waals surface area contributed by atoms with E-state index in [4.69, 9.17) is 4.74 Å². The van der Waals surface area contributed by atoms with Crippen LogP contribution in [-0.2, 0) is 9.53 Å². The molecular formula is C16H30N2O3. The van der Waals surface area contributed by atoms with Crippen LogP contribution in [0.4, 0.5) is 0 Å². The molecule has 0 aliphatic carbocycles. The predicted octanol–water partition coefficient (Wildman–Crippen LogP) is 1.25. The summed E-state index contributed by atoms with van der Waals surface area (Å²) in [6.45, 7) is 9.16. The van der Waals surface area contributed by atoms with E-state index in [9.17, 15) is 9.90 Å². The molecule has 1 N–H and O–H groups in total. The molecule has 0 saturated carbocycles. The topological polar surface area (TPSA) is 53.0 Å². The molecule has 5 nitrogen and oxygen atoms in total. The summed E-state index contributed by atoms with van der Waals surface area (Å²) in [7, 11) is 0. The molecule has 2 saturated heterocycles. The second kappa shape index (κ2) is 7.07. The van der Waals surface area contributed by atoms with Gasteiger partial charge in [0.05, 0.1) is 24.4 Å². The van der Waals surface area contributed by atoms with Crippen molar-refractivity contribution < 1.29 is 14.6 Å². The summed E-state index contributed by atoms with van der Waals surface area (Å²) in [6.07, 6.45) is 4.50. The maximum absolute atomic E-state index is 12.7. The number of hydrogen-bond acceptors (Lipinski definition) is 4. The van der Waals surface area contributed by atoms with Crippen LogP contribution in [0.2, 0.25) is 0 Å². The molecule has 122 valence electrons. The summed E-state index contributed by atoms with van der Waals surface area (Å²) >= 11 is 0. The van der Waals surface area contributed by atoms with Gasteiger partial charge in [0.25, 0.3) is 0 Å². The molecule has 0 spiro atoms. The molecule has 2 fully saturated rings. The average molecular weight is 298 g/mol. The van der Waals surface area contributed by atoms with Crippen molar-refractivity contribution in [2.24, 2.45) is 0 Å². The summed E-state index contributed by atoms with van der Waals surface area (Å²) in [5.74, 6) is 0.228. The van der Waals surface area contributed by atoms with Crippen molar-refractivity contribution >= 4 is 5.91 Å². The van der Waals surface area contributed by atoms with Gasteiger partial charge in [-0.25, -0.2) is 0 Å². The van der Waals surface area contributed by atoms with E-state index < -0.39 is 0 Å². The normalized spacial score (nSPS) is 29.0. The zero-order valence-corrected chi connectivity index (χ0v) is 13.7. The lowest BCUT2D eigenvalue weighted by Crippen LogP contribution is -2.59. The first kappa shape index (κ1) is 16.7. The standard InChI is InChI=1S/C16H30N2O3/c1-13(15(20)17-8-6-4-5-7-9-17)18-10-14(11-19)21-16(2,3)12-18/h13-14,19H,4-12H2,1-3H3. The van der Waals surface area contributed by atoms with Crippen LogP contribution in [0, 0.1) is 0 Å². The number of aliphatic hydroxyl groups excluding tert-OH is 1. The van der Waals surface area contributed by atoms with Gasteiger partial charge in [0.1, 0.15) is 0 Å². The quantitative estimate of drug-likeness (QED) is 0.852. The van der Waals surface area contributed by atoms with Gasteiger partial charge in [0.2, 0.25) is 5.91 Å². The summed E-state index contributed by atoms with van der Waals surface area (Å²) in [6, 6.07) is -0.139. The lowest BCUT2D eigenvalue weighted by molar-refractivity contribution is -0.164. The molecule has 0 radical (unpaired) electrons. The van der Waals surface area contributed by atoms with Gasteiger partial charge in [-0.15, -0.1) is 0 Å². The lowest BCUT2D eigenvalue weighted by atomic mass is 10.0. The molecule has 0 aromatic heterocycles. The minimum atomic E-state index is -0.320. The highest BCUT2D eigenvalue weighted by Crippen LogP contribution is 2.23. The summed E-state index contributed by atoms with van der Waals surface area (Å²) < 4.78 is 5.83. The number of ether oxygens (including phenoxy) is 1. The number of likely N-dealkylation sites (tertiary alicyclic amines) is 1. The molecule has 21 heavy (non-hydrogen) atoms. The van der Waals surface area contributed by atoms with E-state index >= 15 is 0 Å². The van der Waals surface area contributed by atoms with Gasteiger partial charge in [0, 0.05) is 26.2 Å². The largest absolute Gasteiger partial charge is 0.394 e. The van der Waals surface area contributed by atoms with Crippen LogP contribution < -0.4 is 0 Å². The Balaban J connectivity index is 2.00. The van der Waals surface area contributed by atoms with Crippen molar-refractivity contribution in [2.75, 3.05) is 32.8 Å². The number of morpholine rings is 1. The smallest absolute Gasteiger partial charge is 0.239 e. The highest BCUT2D eigenvalue weighted by atomic mass is 16.5. The maximum Gasteiger partial charge on any atom is 0.239 e. The van der Waals surface area contributed by atoms with E-state index in [1.54, 1.807) is 0 Å². The highest BCUT2D eigenvalue weighted by Gasteiger charge is 2.37. The molecule has 2 rings (SSSR count). The Morgan fingerprint density at radius 1 is 1.29 bits per heavy atom. The number of nitrogens with zero attached hydrogens (tertiary/aromatic N) is 2. The number of amides is 1. The molecule has 2 aliphatic rings. The van der Waals surface area contributed by atoms with E-state index in [0.717, 1.165) is 32.5 Å². The van der Waals surface area contributed by atoms with Crippen LogP contribution >= 0.6 is 0 Å². The fourth-order valence-electron chi connectivity index (χ4n) is 3.44. The van der Waals surface area contributed by atoms with Gasteiger partial charge < -0.3 is 14.7 Å². The van der Waals surface area contributed by atoms with Crippen LogP contribution in [0.3, 0.4) is 0 Å². The molecule has 0 aromatic carbocycles. The second-order valence-electron chi connectivity index (χ2n) is 7.03. The minimum Gasteiger partial charge on any atom is -0.394 e. The van der Waals surface area contributed by atoms with E-state index in [2.05, 4.69) is 4.90 Å². The summed E-state index contributed by atoms with van der Waals surface area (Å²) in [4.78, 5) is 16.9. The molecule has 2 aliphatic heterocycles. The molecule has 5 heteroatoms. The molecule has 1 amide bonds. The van der Waals surface area contributed by atoms with Crippen LogP contribution in [0.15, 0.2) is 0 Å². The van der Waals surface area contributed by atoms with E-state index in [0.29, 0.717) is 6.54 Å². The Hall–Kier alpha value is -0.650.